The van der Waals surface area contributed by atoms with Crippen molar-refractivity contribution in [3.63, 3.8) is 0 Å². The number of furan rings is 1. The zero-order valence-corrected chi connectivity index (χ0v) is 30.9. The van der Waals surface area contributed by atoms with Gasteiger partial charge in [-0.15, -0.1) is 54.1 Å². The van der Waals surface area contributed by atoms with E-state index >= 15 is 0 Å². The van der Waals surface area contributed by atoms with Crippen LogP contribution in [0.25, 0.3) is 44.6 Å². The Morgan fingerprint density at radius 2 is 1.69 bits per heavy atom. The molecule has 0 unspecified atom stereocenters. The van der Waals surface area contributed by atoms with Crippen molar-refractivity contribution < 1.29 is 36.9 Å². The quantitative estimate of drug-likeness (QED) is 0.128. The average Bonchev–Trinajstić information content (AvgIpc) is 3.55. The monoisotopic (exact) mass is 837 g/mol. The Bertz CT molecular complexity index is 2390. The van der Waals surface area contributed by atoms with Gasteiger partial charge in [0.15, 0.2) is 0 Å². The van der Waals surface area contributed by atoms with E-state index in [1.807, 2.05) is 36.5 Å². The minimum Gasteiger partial charge on any atom is -0.486 e. The Kier molecular flexibility index (Phi) is 7.70. The van der Waals surface area contributed by atoms with E-state index in [9.17, 15) is 0 Å². The number of fused-ring (bicyclic) bond motifs is 4. The first-order chi connectivity index (χ1) is 26.3. The second kappa shape index (κ2) is 15.0. The second-order valence-electron chi connectivity index (χ2n) is 13.3. The first-order valence-electron chi connectivity index (χ1n) is 21.0. The van der Waals surface area contributed by atoms with Crippen molar-refractivity contribution in [2.75, 3.05) is 0 Å². The number of aromatic nitrogens is 3. The molecule has 48 heavy (non-hydrogen) atoms. The molecule has 2 aliphatic rings. The number of benzene rings is 2. The number of aryl methyl sites for hydroxylation is 3. The maximum absolute atomic E-state index is 8.99. The van der Waals surface area contributed by atoms with Crippen LogP contribution in [-0.2, 0) is 39.2 Å². The van der Waals surface area contributed by atoms with E-state index in [1.54, 1.807) is 24.3 Å². The van der Waals surface area contributed by atoms with Gasteiger partial charge in [0, 0.05) is 55.9 Å². The topological polar surface area (TPSA) is 51.8 Å². The van der Waals surface area contributed by atoms with Crippen LogP contribution in [-0.4, -0.2) is 23.0 Å². The summed E-state index contributed by atoms with van der Waals surface area (Å²) in [5.74, 6) is 0.117. The Hall–Kier alpha value is -3.44. The van der Waals surface area contributed by atoms with Gasteiger partial charge in [0.25, 0.3) is 0 Å². The molecular weight excluding hydrogens is 783 g/mol. The molecule has 1 fully saturated rings. The minimum absolute atomic E-state index is 0. The zero-order chi connectivity index (χ0) is 40.3. The van der Waals surface area contributed by atoms with Crippen LogP contribution in [0, 0.1) is 24.9 Å². The maximum atomic E-state index is 8.99. The van der Waals surface area contributed by atoms with E-state index in [2.05, 4.69) is 46.7 Å². The van der Waals surface area contributed by atoms with Crippen molar-refractivity contribution in [2.45, 2.75) is 90.6 Å². The van der Waals surface area contributed by atoms with Crippen molar-refractivity contribution in [3.05, 3.63) is 108 Å². The zero-order valence-electron chi connectivity index (χ0n) is 36.5. The molecule has 8 rings (SSSR count). The maximum Gasteiger partial charge on any atom is 0.216 e. The normalized spacial score (nSPS) is 20.4. The Balaban J connectivity index is 0.000000194. The summed E-state index contributed by atoms with van der Waals surface area (Å²) in [6.45, 7) is 4.48. The van der Waals surface area contributed by atoms with Crippen molar-refractivity contribution in [3.8, 4) is 22.5 Å². The molecule has 2 aliphatic carbocycles. The summed E-state index contributed by atoms with van der Waals surface area (Å²) in [6, 6.07) is 24.3. The third kappa shape index (κ3) is 7.57. The molecule has 4 heterocycles. The first kappa shape index (κ1) is 24.7. The third-order valence-corrected chi connectivity index (χ3v) is 10.9. The van der Waals surface area contributed by atoms with Crippen molar-refractivity contribution in [2.24, 2.45) is 5.92 Å². The van der Waals surface area contributed by atoms with Crippen molar-refractivity contribution in [1.82, 2.24) is 15.0 Å². The van der Waals surface area contributed by atoms with E-state index < -0.39 is 34.0 Å². The van der Waals surface area contributed by atoms with Crippen LogP contribution < -0.4 is 5.19 Å². The molecule has 0 bridgehead atoms. The summed E-state index contributed by atoms with van der Waals surface area (Å²) in [6.07, 6.45) is 4.44. The van der Waals surface area contributed by atoms with E-state index in [0.29, 0.717) is 27.6 Å². The first-order valence-corrected chi connectivity index (χ1v) is 20.0. The number of rotatable bonds is 5. The predicted octanol–water partition coefficient (Wildman–Crippen LogP) is 10.2. The predicted molar refractivity (Wildman–Crippen MR) is 197 cm³/mol. The van der Waals surface area contributed by atoms with Crippen LogP contribution in [0.15, 0.2) is 77.5 Å². The summed E-state index contributed by atoms with van der Waals surface area (Å²) < 4.78 is 79.7. The van der Waals surface area contributed by atoms with Crippen LogP contribution >= 0.6 is 0 Å². The van der Waals surface area contributed by atoms with Gasteiger partial charge in [0.2, 0.25) is 5.71 Å². The Labute approximate surface area is 312 Å². The van der Waals surface area contributed by atoms with Crippen LogP contribution in [0.3, 0.4) is 0 Å². The van der Waals surface area contributed by atoms with Crippen LogP contribution in [0.2, 0.25) is 19.6 Å². The van der Waals surface area contributed by atoms with Gasteiger partial charge >= 0.3 is 0 Å². The molecule has 0 aliphatic heterocycles. The molecule has 4 nitrogen and oxygen atoms in total. The summed E-state index contributed by atoms with van der Waals surface area (Å²) >= 11 is 0. The number of hydrogen-bond donors (Lipinski definition) is 0. The molecule has 0 saturated heterocycles. The van der Waals surface area contributed by atoms with E-state index in [-0.39, 0.29) is 61.4 Å². The Morgan fingerprint density at radius 1 is 0.875 bits per heavy atom. The largest absolute Gasteiger partial charge is 0.486 e. The van der Waals surface area contributed by atoms with Gasteiger partial charge in [-0.3, -0.25) is 0 Å². The van der Waals surface area contributed by atoms with Gasteiger partial charge in [0.05, 0.1) is 13.7 Å². The van der Waals surface area contributed by atoms with Crippen LogP contribution in [0.4, 0.5) is 0 Å². The van der Waals surface area contributed by atoms with E-state index in [0.717, 1.165) is 47.7 Å². The molecule has 249 valence electrons. The second-order valence-corrected chi connectivity index (χ2v) is 18.4. The molecule has 2 aromatic carbocycles. The molecule has 0 atom stereocenters. The average molecular weight is 837 g/mol. The standard InChI is InChI=1S/C21H17N2O.C21H28NSi.Ir/c1-13-9-10-17-16-7-4-8-18(20(16)24-21(17)23-13)19-11-14-5-2-3-6-15(14)12-22-19;1-23(2,3)21-16-22-20(18-12-8-5-9-13-18)15-19(21)14-17-10-6-4-7-11-17;/h4,7,9-12H,2-3,5-6H2,1H3;5,8-9,12,15-17H,4,6-7,10-11,14H2,1-3H3;/q2*-1;/i1D3,5D2,6D2;14D2;. The number of pyridine rings is 3. The Morgan fingerprint density at radius 3 is 2.46 bits per heavy atom. The smallest absolute Gasteiger partial charge is 0.216 e. The summed E-state index contributed by atoms with van der Waals surface area (Å²) in [5.41, 5.74) is 4.60. The molecule has 0 N–H and O–H groups in total. The third-order valence-electron chi connectivity index (χ3n) is 8.88. The van der Waals surface area contributed by atoms with Gasteiger partial charge in [0.1, 0.15) is 0 Å². The van der Waals surface area contributed by atoms with Crippen LogP contribution in [0.1, 0.15) is 79.7 Å². The fourth-order valence-electron chi connectivity index (χ4n) is 6.43. The molecule has 0 amide bonds. The molecule has 6 aromatic rings. The molecular formula is C42H45IrN3OSi-2. The van der Waals surface area contributed by atoms with Gasteiger partial charge in [-0.25, -0.2) is 4.98 Å². The number of hydrogen-bond acceptors (Lipinski definition) is 4. The number of nitrogens with zero attached hydrogens (tertiary/aromatic N) is 3. The van der Waals surface area contributed by atoms with E-state index in [1.165, 1.54) is 18.7 Å². The van der Waals surface area contributed by atoms with E-state index in [4.69, 9.17) is 16.8 Å². The van der Waals surface area contributed by atoms with Gasteiger partial charge in [-0.2, -0.15) is 0 Å². The van der Waals surface area contributed by atoms with Crippen LogP contribution in [0.5, 0.6) is 0 Å². The fraction of sp³-hybridized carbons (Fsp3) is 0.357. The van der Waals surface area contributed by atoms with Gasteiger partial charge in [-0.05, 0) is 79.0 Å². The fourth-order valence-corrected chi connectivity index (χ4v) is 7.83. The summed E-state index contributed by atoms with van der Waals surface area (Å²) in [5, 5.41) is 2.52. The van der Waals surface area contributed by atoms with Gasteiger partial charge in [-0.1, -0.05) is 86.0 Å². The van der Waals surface area contributed by atoms with Crippen molar-refractivity contribution in [1.29, 1.82) is 0 Å². The molecule has 0 spiro atoms. The SMILES string of the molecule is [2H]C([2H])([2H])c1ccc2c(n1)oc1c(-c3cc4c(cn3)C([2H])([2H])CCC4([2H])[2H])[c-]ccc12.[2H]C([2H])(c1cc(-c2[c-]cccc2)ncc1[Si](C)(C)C)C1CCCCC1.[Ir]. The molecule has 6 heteroatoms. The van der Waals surface area contributed by atoms with Gasteiger partial charge < -0.3 is 14.4 Å². The minimum atomic E-state index is -2.35. The van der Waals surface area contributed by atoms with Crippen molar-refractivity contribution >= 4 is 35.3 Å². The molecule has 4 aromatic heterocycles. The summed E-state index contributed by atoms with van der Waals surface area (Å²) in [7, 11) is -1.69. The molecule has 1 radical (unpaired) electrons. The summed E-state index contributed by atoms with van der Waals surface area (Å²) in [4.78, 5) is 13.2. The molecule has 1 saturated carbocycles.